The van der Waals surface area contributed by atoms with Crippen LogP contribution in [0.25, 0.3) is 16.6 Å². The highest BCUT2D eigenvalue weighted by molar-refractivity contribution is 7.92. The van der Waals surface area contributed by atoms with E-state index in [4.69, 9.17) is 0 Å². The molecule has 0 atom stereocenters. The minimum Gasteiger partial charge on any atom is -0.480 e. The highest BCUT2D eigenvalue weighted by atomic mass is 32.2. The Labute approximate surface area is 161 Å². The molecule has 0 amide bonds. The SMILES string of the molecule is C=C(CC)c1nc2cc(NS(=O)(=O)c3ccc(F)cc3)ccc2n1CC(=O)O. The molecule has 0 aliphatic heterocycles. The van der Waals surface area contributed by atoms with Crippen LogP contribution in [0.15, 0.2) is 53.9 Å². The summed E-state index contributed by atoms with van der Waals surface area (Å²) in [6.45, 7) is 5.51. The Morgan fingerprint density at radius 3 is 2.54 bits per heavy atom. The quantitative estimate of drug-likeness (QED) is 0.629. The van der Waals surface area contributed by atoms with Crippen LogP contribution >= 0.6 is 0 Å². The number of carboxylic acids is 1. The molecule has 3 aromatic rings. The fraction of sp³-hybridized carbons (Fsp3) is 0.158. The molecule has 0 bridgehead atoms. The summed E-state index contributed by atoms with van der Waals surface area (Å²) in [4.78, 5) is 15.6. The third-order valence-corrected chi connectivity index (χ3v) is 5.56. The maximum atomic E-state index is 13.0. The predicted octanol–water partition coefficient (Wildman–Crippen LogP) is 3.48. The lowest BCUT2D eigenvalue weighted by Gasteiger charge is -2.09. The molecule has 0 fully saturated rings. The minimum atomic E-state index is -3.90. The zero-order valence-electron chi connectivity index (χ0n) is 15.0. The van der Waals surface area contributed by atoms with Crippen molar-refractivity contribution in [1.82, 2.24) is 9.55 Å². The van der Waals surface area contributed by atoms with Gasteiger partial charge in [-0.05, 0) is 54.5 Å². The van der Waals surface area contributed by atoms with Crippen LogP contribution in [0.1, 0.15) is 19.2 Å². The van der Waals surface area contributed by atoms with Crippen molar-refractivity contribution >= 4 is 38.3 Å². The number of halogens is 1. The van der Waals surface area contributed by atoms with E-state index in [1.165, 1.54) is 28.8 Å². The van der Waals surface area contributed by atoms with Crippen LogP contribution in [0.3, 0.4) is 0 Å². The third-order valence-electron chi connectivity index (χ3n) is 4.16. The molecule has 0 radical (unpaired) electrons. The van der Waals surface area contributed by atoms with Crippen LogP contribution in [0, 0.1) is 5.82 Å². The van der Waals surface area contributed by atoms with Gasteiger partial charge in [-0.15, -0.1) is 0 Å². The number of hydrogen-bond acceptors (Lipinski definition) is 4. The normalized spacial score (nSPS) is 11.5. The van der Waals surface area contributed by atoms with Gasteiger partial charge in [0.25, 0.3) is 10.0 Å². The van der Waals surface area contributed by atoms with E-state index in [1.54, 1.807) is 6.07 Å². The van der Waals surface area contributed by atoms with Crippen LogP contribution in [0.4, 0.5) is 10.1 Å². The van der Waals surface area contributed by atoms with Gasteiger partial charge in [-0.1, -0.05) is 13.5 Å². The standard InChI is InChI=1S/C19H18FN3O4S/c1-3-12(2)19-21-16-10-14(6-9-17(16)23(19)11-18(24)25)22-28(26,27)15-7-4-13(20)5-8-15/h4-10,22H,2-3,11H2,1H3,(H,24,25). The molecule has 2 aromatic carbocycles. The van der Waals surface area contributed by atoms with Crippen molar-refractivity contribution in [2.24, 2.45) is 0 Å². The number of hydrogen-bond donors (Lipinski definition) is 2. The molecule has 0 spiro atoms. The maximum Gasteiger partial charge on any atom is 0.323 e. The Bertz CT molecular complexity index is 1170. The first-order chi connectivity index (χ1) is 13.2. The average Bonchev–Trinajstić information content (AvgIpc) is 2.98. The second-order valence-corrected chi connectivity index (χ2v) is 7.82. The smallest absolute Gasteiger partial charge is 0.323 e. The Morgan fingerprint density at radius 2 is 1.93 bits per heavy atom. The summed E-state index contributed by atoms with van der Waals surface area (Å²) in [5.74, 6) is -1.11. The summed E-state index contributed by atoms with van der Waals surface area (Å²) in [7, 11) is -3.90. The zero-order chi connectivity index (χ0) is 20.5. The number of sulfonamides is 1. The van der Waals surface area contributed by atoms with Gasteiger partial charge < -0.3 is 9.67 Å². The largest absolute Gasteiger partial charge is 0.480 e. The number of carboxylic acid groups (broad SMARTS) is 1. The number of fused-ring (bicyclic) bond motifs is 1. The van der Waals surface area contributed by atoms with E-state index in [2.05, 4.69) is 16.3 Å². The van der Waals surface area contributed by atoms with E-state index >= 15 is 0 Å². The number of nitrogens with one attached hydrogen (secondary N) is 1. The highest BCUT2D eigenvalue weighted by Gasteiger charge is 2.18. The lowest BCUT2D eigenvalue weighted by molar-refractivity contribution is -0.137. The van der Waals surface area contributed by atoms with Crippen LogP contribution < -0.4 is 4.72 Å². The van der Waals surface area contributed by atoms with Crippen molar-refractivity contribution in [3.63, 3.8) is 0 Å². The van der Waals surface area contributed by atoms with Gasteiger partial charge in [-0.25, -0.2) is 17.8 Å². The second-order valence-electron chi connectivity index (χ2n) is 6.14. The number of allylic oxidation sites excluding steroid dienone is 1. The van der Waals surface area contributed by atoms with Gasteiger partial charge in [-0.2, -0.15) is 0 Å². The van der Waals surface area contributed by atoms with Crippen molar-refractivity contribution < 1.29 is 22.7 Å². The molecule has 28 heavy (non-hydrogen) atoms. The monoisotopic (exact) mass is 403 g/mol. The van der Waals surface area contributed by atoms with Gasteiger partial charge in [0.1, 0.15) is 18.2 Å². The number of aliphatic carboxylic acids is 1. The van der Waals surface area contributed by atoms with Crippen LogP contribution in [-0.4, -0.2) is 29.0 Å². The summed E-state index contributed by atoms with van der Waals surface area (Å²) in [5, 5.41) is 9.18. The number of aromatic nitrogens is 2. The van der Waals surface area contributed by atoms with E-state index in [9.17, 15) is 22.7 Å². The van der Waals surface area contributed by atoms with Crippen LogP contribution in [0.5, 0.6) is 0 Å². The fourth-order valence-electron chi connectivity index (χ4n) is 2.74. The molecule has 0 saturated heterocycles. The molecule has 0 unspecified atom stereocenters. The summed E-state index contributed by atoms with van der Waals surface area (Å²) in [6.07, 6.45) is 0.590. The number of benzene rings is 2. The number of carbonyl (C=O) groups is 1. The summed E-state index contributed by atoms with van der Waals surface area (Å²) >= 11 is 0. The molecule has 0 aliphatic carbocycles. The summed E-state index contributed by atoms with van der Waals surface area (Å²) in [6, 6.07) is 9.09. The van der Waals surface area contributed by atoms with E-state index in [1.807, 2.05) is 6.92 Å². The molecule has 1 heterocycles. The van der Waals surface area contributed by atoms with Crippen LogP contribution in [-0.2, 0) is 21.4 Å². The summed E-state index contributed by atoms with van der Waals surface area (Å²) in [5.41, 5.74) is 1.92. The highest BCUT2D eigenvalue weighted by Crippen LogP contribution is 2.26. The fourth-order valence-corrected chi connectivity index (χ4v) is 3.79. The van der Waals surface area contributed by atoms with Gasteiger partial charge in [0.15, 0.2) is 0 Å². The maximum absolute atomic E-state index is 13.0. The molecule has 1 aromatic heterocycles. The molecule has 9 heteroatoms. The number of nitrogens with zero attached hydrogens (tertiary/aromatic N) is 2. The third kappa shape index (κ3) is 3.89. The first kappa shape index (κ1) is 19.6. The molecule has 0 saturated carbocycles. The Balaban J connectivity index is 2.01. The number of anilines is 1. The predicted molar refractivity (Wildman–Crippen MR) is 104 cm³/mol. The molecule has 146 valence electrons. The molecule has 2 N–H and O–H groups in total. The van der Waals surface area contributed by atoms with Gasteiger partial charge in [0.2, 0.25) is 0 Å². The van der Waals surface area contributed by atoms with E-state index in [0.717, 1.165) is 12.1 Å². The van der Waals surface area contributed by atoms with E-state index in [0.29, 0.717) is 28.9 Å². The van der Waals surface area contributed by atoms with Crippen molar-refractivity contribution in [3.8, 4) is 0 Å². The Morgan fingerprint density at radius 1 is 1.25 bits per heavy atom. The number of imidazole rings is 1. The van der Waals surface area contributed by atoms with E-state index in [-0.39, 0.29) is 17.1 Å². The first-order valence-electron chi connectivity index (χ1n) is 8.40. The lowest BCUT2D eigenvalue weighted by atomic mass is 10.2. The Hall–Kier alpha value is -3.20. The average molecular weight is 403 g/mol. The van der Waals surface area contributed by atoms with Crippen molar-refractivity contribution in [2.75, 3.05) is 4.72 Å². The summed E-state index contributed by atoms with van der Waals surface area (Å²) < 4.78 is 41.9. The topological polar surface area (TPSA) is 101 Å². The lowest BCUT2D eigenvalue weighted by Crippen LogP contribution is -2.13. The molecular weight excluding hydrogens is 385 g/mol. The van der Waals surface area contributed by atoms with Crippen LogP contribution in [0.2, 0.25) is 0 Å². The molecule has 0 aliphatic rings. The van der Waals surface area contributed by atoms with Gasteiger partial charge in [0.05, 0.1) is 21.6 Å². The molecule has 7 nitrogen and oxygen atoms in total. The zero-order valence-corrected chi connectivity index (χ0v) is 15.8. The minimum absolute atomic E-state index is 0.0783. The van der Waals surface area contributed by atoms with Crippen molar-refractivity contribution in [1.29, 1.82) is 0 Å². The van der Waals surface area contributed by atoms with Crippen molar-refractivity contribution in [3.05, 3.63) is 60.7 Å². The first-order valence-corrected chi connectivity index (χ1v) is 9.88. The number of rotatable bonds is 7. The van der Waals surface area contributed by atoms with E-state index < -0.39 is 21.8 Å². The molecular formula is C19H18FN3O4S. The van der Waals surface area contributed by atoms with Gasteiger partial charge in [0, 0.05) is 0 Å². The van der Waals surface area contributed by atoms with Gasteiger partial charge in [-0.3, -0.25) is 9.52 Å². The van der Waals surface area contributed by atoms with Crippen molar-refractivity contribution in [2.45, 2.75) is 24.8 Å². The second kappa shape index (κ2) is 7.43. The molecule has 3 rings (SSSR count). The Kier molecular flexibility index (Phi) is 5.19. The van der Waals surface area contributed by atoms with Gasteiger partial charge >= 0.3 is 5.97 Å².